The van der Waals surface area contributed by atoms with Crippen molar-refractivity contribution in [2.75, 3.05) is 0 Å². The second-order valence-electron chi connectivity index (χ2n) is 6.86. The van der Waals surface area contributed by atoms with Crippen LogP contribution >= 0.6 is 0 Å². The van der Waals surface area contributed by atoms with E-state index in [1.807, 2.05) is 54.5 Å². The average Bonchev–Trinajstić information content (AvgIpc) is 2.90. The molecule has 0 atom stereocenters. The second kappa shape index (κ2) is 6.61. The van der Waals surface area contributed by atoms with Crippen LogP contribution in [-0.2, 0) is 13.6 Å². The molecule has 0 aliphatic carbocycles. The fraction of sp³-hybridized carbons (Fsp3) is 0.263. The molecule has 5 heteroatoms. The van der Waals surface area contributed by atoms with Crippen molar-refractivity contribution in [1.82, 2.24) is 9.55 Å². The van der Waals surface area contributed by atoms with E-state index in [-0.39, 0.29) is 0 Å². The van der Waals surface area contributed by atoms with E-state index in [0.29, 0.717) is 6.54 Å². The molecule has 0 N–H and O–H groups in total. The largest absolute Gasteiger partial charge is 0.544 e. The van der Waals surface area contributed by atoms with Gasteiger partial charge in [0.05, 0.1) is 23.9 Å². The number of nitrogens with zero attached hydrogens (tertiary/aromatic N) is 3. The molecule has 0 saturated heterocycles. The summed E-state index contributed by atoms with van der Waals surface area (Å²) in [6, 6.07) is 14.3. The molecule has 2 aromatic carbocycles. The number of benzene rings is 2. The van der Waals surface area contributed by atoms with Crippen molar-refractivity contribution in [3.63, 3.8) is 0 Å². The number of imidazole rings is 1. The summed E-state index contributed by atoms with van der Waals surface area (Å²) in [4.78, 5) is 9.09. The first-order valence-electron chi connectivity index (χ1n) is 8.11. The predicted octanol–water partition coefficient (Wildman–Crippen LogP) is 4.41. The van der Waals surface area contributed by atoms with Crippen LogP contribution in [0.25, 0.3) is 11.0 Å². The van der Waals surface area contributed by atoms with Gasteiger partial charge in [-0.1, -0.05) is 30.3 Å². The Morgan fingerprint density at radius 1 is 1.12 bits per heavy atom. The van der Waals surface area contributed by atoms with Gasteiger partial charge in [0.2, 0.25) is 8.32 Å². The molecular formula is C19H23N3OSi. The lowest BCUT2D eigenvalue weighted by atomic mass is 10.2. The molecule has 0 bridgehead atoms. The minimum Gasteiger partial charge on any atom is -0.544 e. The lowest BCUT2D eigenvalue weighted by Gasteiger charge is -2.21. The molecule has 0 unspecified atom stereocenters. The number of aryl methyl sites for hydroxylation is 1. The Morgan fingerprint density at radius 3 is 2.71 bits per heavy atom. The highest BCUT2D eigenvalue weighted by Gasteiger charge is 2.17. The molecule has 0 fully saturated rings. The van der Waals surface area contributed by atoms with Crippen molar-refractivity contribution >= 4 is 25.6 Å². The molecular weight excluding hydrogens is 314 g/mol. The maximum absolute atomic E-state index is 6.16. The third-order valence-electron chi connectivity index (χ3n) is 3.67. The highest BCUT2D eigenvalue weighted by atomic mass is 28.4. The van der Waals surface area contributed by atoms with E-state index in [2.05, 4.69) is 41.8 Å². The summed E-state index contributed by atoms with van der Waals surface area (Å²) in [7, 11) is 0.370. The number of hydrogen-bond acceptors (Lipinski definition) is 3. The number of fused-ring (bicyclic) bond motifs is 1. The first-order chi connectivity index (χ1) is 11.4. The van der Waals surface area contributed by atoms with Gasteiger partial charge in [-0.3, -0.25) is 4.99 Å². The zero-order valence-corrected chi connectivity index (χ0v) is 15.7. The Labute approximate surface area is 144 Å². The fourth-order valence-electron chi connectivity index (χ4n) is 2.59. The zero-order chi connectivity index (χ0) is 17.2. The van der Waals surface area contributed by atoms with E-state index in [4.69, 9.17) is 4.43 Å². The molecule has 0 saturated carbocycles. The van der Waals surface area contributed by atoms with Gasteiger partial charge in [0.1, 0.15) is 5.75 Å². The lowest BCUT2D eigenvalue weighted by molar-refractivity contribution is 0.549. The Kier molecular flexibility index (Phi) is 4.53. The van der Waals surface area contributed by atoms with Crippen molar-refractivity contribution in [2.45, 2.75) is 26.2 Å². The highest BCUT2D eigenvalue weighted by molar-refractivity contribution is 6.70. The third kappa shape index (κ3) is 3.74. The van der Waals surface area contributed by atoms with Gasteiger partial charge < -0.3 is 8.99 Å². The summed E-state index contributed by atoms with van der Waals surface area (Å²) < 4.78 is 8.18. The Morgan fingerprint density at radius 2 is 1.92 bits per heavy atom. The molecule has 0 radical (unpaired) electrons. The SMILES string of the molecule is Cn1cnc2c(C=NCc3ccccc3O[Si](C)(C)C)cccc21. The van der Waals surface area contributed by atoms with Gasteiger partial charge in [0.15, 0.2) is 0 Å². The van der Waals surface area contributed by atoms with Crippen LogP contribution in [0.3, 0.4) is 0 Å². The summed E-state index contributed by atoms with van der Waals surface area (Å²) in [5.74, 6) is 0.949. The van der Waals surface area contributed by atoms with E-state index < -0.39 is 8.32 Å². The molecule has 0 amide bonds. The summed E-state index contributed by atoms with van der Waals surface area (Å²) in [5, 5.41) is 0. The molecule has 124 valence electrons. The molecule has 3 aromatic rings. The smallest absolute Gasteiger partial charge is 0.242 e. The monoisotopic (exact) mass is 337 g/mol. The van der Waals surface area contributed by atoms with Gasteiger partial charge in [-0.05, 0) is 31.8 Å². The van der Waals surface area contributed by atoms with Gasteiger partial charge in [0.25, 0.3) is 0 Å². The summed E-state index contributed by atoms with van der Waals surface area (Å²) in [6.45, 7) is 7.17. The van der Waals surface area contributed by atoms with Crippen LogP contribution in [0.15, 0.2) is 53.8 Å². The van der Waals surface area contributed by atoms with Crippen molar-refractivity contribution in [2.24, 2.45) is 12.0 Å². The molecule has 0 aliphatic heterocycles. The summed E-state index contributed by atoms with van der Waals surface area (Å²) in [6.07, 6.45) is 3.74. The molecule has 4 nitrogen and oxygen atoms in total. The lowest BCUT2D eigenvalue weighted by Crippen LogP contribution is -2.29. The van der Waals surface area contributed by atoms with Crippen LogP contribution < -0.4 is 4.43 Å². The standard InChI is InChI=1S/C19H23N3OSi/c1-22-14-21-19-16(9-7-10-17(19)22)13-20-12-15-8-5-6-11-18(15)23-24(2,3)4/h5-11,13-14H,12H2,1-4H3. The first-order valence-corrected chi connectivity index (χ1v) is 11.5. The van der Waals surface area contributed by atoms with E-state index >= 15 is 0 Å². The minimum absolute atomic E-state index is 0.601. The predicted molar refractivity (Wildman–Crippen MR) is 102 cm³/mol. The summed E-state index contributed by atoms with van der Waals surface area (Å²) in [5.41, 5.74) is 4.25. The molecule has 1 heterocycles. The molecule has 0 spiro atoms. The van der Waals surface area contributed by atoms with Gasteiger partial charge in [0, 0.05) is 24.4 Å². The van der Waals surface area contributed by atoms with Crippen molar-refractivity contribution in [3.8, 4) is 5.75 Å². The van der Waals surface area contributed by atoms with Crippen LogP contribution in [0, 0.1) is 0 Å². The molecule has 1 aromatic heterocycles. The van der Waals surface area contributed by atoms with E-state index in [1.165, 1.54) is 0 Å². The van der Waals surface area contributed by atoms with E-state index in [1.54, 1.807) is 0 Å². The second-order valence-corrected chi connectivity index (χ2v) is 11.3. The maximum Gasteiger partial charge on any atom is 0.242 e. The summed E-state index contributed by atoms with van der Waals surface area (Å²) >= 11 is 0. The number of hydrogen-bond donors (Lipinski definition) is 0. The number of aromatic nitrogens is 2. The Bertz CT molecular complexity index is 878. The number of para-hydroxylation sites is 2. The van der Waals surface area contributed by atoms with Crippen LogP contribution in [0.5, 0.6) is 5.75 Å². The number of aliphatic imine (C=N–C) groups is 1. The topological polar surface area (TPSA) is 39.4 Å². The van der Waals surface area contributed by atoms with Crippen molar-refractivity contribution in [1.29, 1.82) is 0 Å². The quantitative estimate of drug-likeness (QED) is 0.511. The van der Waals surface area contributed by atoms with Crippen LogP contribution in [0.2, 0.25) is 19.6 Å². The first kappa shape index (κ1) is 16.5. The number of rotatable bonds is 5. The van der Waals surface area contributed by atoms with Gasteiger partial charge in [-0.15, -0.1) is 0 Å². The van der Waals surface area contributed by atoms with E-state index in [0.717, 1.165) is 27.9 Å². The Hall–Kier alpha value is -2.40. The minimum atomic E-state index is -1.63. The van der Waals surface area contributed by atoms with E-state index in [9.17, 15) is 0 Å². The Balaban J connectivity index is 1.82. The van der Waals surface area contributed by atoms with Crippen molar-refractivity contribution in [3.05, 3.63) is 59.9 Å². The molecule has 24 heavy (non-hydrogen) atoms. The van der Waals surface area contributed by atoms with Crippen LogP contribution in [0.4, 0.5) is 0 Å². The highest BCUT2D eigenvalue weighted by Crippen LogP contribution is 2.22. The molecule has 0 aliphatic rings. The van der Waals surface area contributed by atoms with Gasteiger partial charge in [-0.2, -0.15) is 0 Å². The molecule has 3 rings (SSSR count). The third-order valence-corrected chi connectivity index (χ3v) is 4.50. The van der Waals surface area contributed by atoms with Crippen molar-refractivity contribution < 1.29 is 4.43 Å². The average molecular weight is 337 g/mol. The maximum atomic E-state index is 6.16. The fourth-order valence-corrected chi connectivity index (χ4v) is 3.45. The van der Waals surface area contributed by atoms with Crippen LogP contribution in [0.1, 0.15) is 11.1 Å². The zero-order valence-electron chi connectivity index (χ0n) is 14.7. The normalized spacial score (nSPS) is 12.2. The van der Waals surface area contributed by atoms with Gasteiger partial charge >= 0.3 is 0 Å². The van der Waals surface area contributed by atoms with Gasteiger partial charge in [-0.25, -0.2) is 4.98 Å². The van der Waals surface area contributed by atoms with Crippen LogP contribution in [-0.4, -0.2) is 24.1 Å².